The maximum Gasteiger partial charge on any atom is 0.231 e. The van der Waals surface area contributed by atoms with Crippen LogP contribution in [0.3, 0.4) is 0 Å². The Hall–Kier alpha value is -1.63. The number of rotatable bonds is 6. The van der Waals surface area contributed by atoms with Gasteiger partial charge in [-0.05, 0) is 32.1 Å². The Morgan fingerprint density at radius 1 is 1.14 bits per heavy atom. The molecule has 0 radical (unpaired) electrons. The zero-order chi connectivity index (χ0) is 14.7. The van der Waals surface area contributed by atoms with Crippen molar-refractivity contribution in [3.05, 3.63) is 0 Å². The molecule has 0 spiro atoms. The normalized spacial score (nSPS) is 24.8. The summed E-state index contributed by atoms with van der Waals surface area (Å²) < 4.78 is 0. The molecule has 0 bridgehead atoms. The second-order valence-electron chi connectivity index (χ2n) is 5.87. The van der Waals surface area contributed by atoms with Crippen LogP contribution in [0.1, 0.15) is 39.0 Å². The van der Waals surface area contributed by atoms with Gasteiger partial charge in [0.05, 0.1) is 6.10 Å². The number of aromatic nitrogens is 3. The van der Waals surface area contributed by atoms with E-state index in [0.717, 1.165) is 44.8 Å². The van der Waals surface area contributed by atoms with Crippen LogP contribution in [0.4, 0.5) is 17.8 Å². The maximum atomic E-state index is 9.38. The lowest BCUT2D eigenvalue weighted by Gasteiger charge is -2.32. The molecule has 1 aliphatic carbocycles. The highest BCUT2D eigenvalue weighted by Gasteiger charge is 2.28. The molecule has 2 aliphatic rings. The van der Waals surface area contributed by atoms with E-state index < -0.39 is 0 Å². The highest BCUT2D eigenvalue weighted by Crippen LogP contribution is 2.24. The molecule has 0 atom stereocenters. The highest BCUT2D eigenvalue weighted by molar-refractivity contribution is 5.45. The Kier molecular flexibility index (Phi) is 4.38. The van der Waals surface area contributed by atoms with Crippen LogP contribution in [0.2, 0.25) is 0 Å². The van der Waals surface area contributed by atoms with Crippen LogP contribution in [-0.2, 0) is 0 Å². The quantitative estimate of drug-likeness (QED) is 0.727. The summed E-state index contributed by atoms with van der Waals surface area (Å²) in [6, 6.07) is 0.271. The van der Waals surface area contributed by atoms with Crippen molar-refractivity contribution in [3.63, 3.8) is 0 Å². The molecule has 21 heavy (non-hydrogen) atoms. The molecule has 1 saturated heterocycles. The second kappa shape index (κ2) is 6.43. The molecule has 3 rings (SSSR count). The molecule has 7 nitrogen and oxygen atoms in total. The number of hydrogen-bond acceptors (Lipinski definition) is 7. The molecule has 0 aromatic carbocycles. The average Bonchev–Trinajstić information content (AvgIpc) is 2.97. The molecule has 7 heteroatoms. The fraction of sp³-hybridized carbons (Fsp3) is 0.786. The highest BCUT2D eigenvalue weighted by atomic mass is 16.3. The Balaban J connectivity index is 1.74. The third-order valence-corrected chi connectivity index (χ3v) is 3.99. The van der Waals surface area contributed by atoms with E-state index >= 15 is 0 Å². The minimum atomic E-state index is -0.180. The van der Waals surface area contributed by atoms with Gasteiger partial charge in [0, 0.05) is 25.7 Å². The molecular weight excluding hydrogens is 268 g/mol. The van der Waals surface area contributed by atoms with Gasteiger partial charge in [-0.2, -0.15) is 15.0 Å². The minimum absolute atomic E-state index is 0.180. The van der Waals surface area contributed by atoms with Gasteiger partial charge in [-0.25, -0.2) is 0 Å². The van der Waals surface area contributed by atoms with E-state index in [1.165, 1.54) is 12.8 Å². The molecule has 1 saturated carbocycles. The number of nitrogens with zero attached hydrogens (tertiary/aromatic N) is 4. The number of aliphatic hydroxyl groups excluding tert-OH is 1. The van der Waals surface area contributed by atoms with Gasteiger partial charge in [0.1, 0.15) is 0 Å². The first-order valence-electron chi connectivity index (χ1n) is 7.94. The maximum absolute atomic E-state index is 9.38. The van der Waals surface area contributed by atoms with E-state index in [-0.39, 0.29) is 12.1 Å². The largest absolute Gasteiger partial charge is 0.393 e. The van der Waals surface area contributed by atoms with Crippen molar-refractivity contribution < 1.29 is 5.11 Å². The van der Waals surface area contributed by atoms with Crippen molar-refractivity contribution in [3.8, 4) is 0 Å². The van der Waals surface area contributed by atoms with Gasteiger partial charge < -0.3 is 20.6 Å². The first kappa shape index (κ1) is 14.3. The van der Waals surface area contributed by atoms with Crippen molar-refractivity contribution in [2.45, 2.75) is 51.2 Å². The number of hydrogen-bond donors (Lipinski definition) is 3. The van der Waals surface area contributed by atoms with E-state index in [1.807, 2.05) is 0 Å². The fourth-order valence-corrected chi connectivity index (χ4v) is 2.69. The standard InChI is InChI=1S/C14H24N6O/c1-2-5-15-12-17-13(16-10-8-11(21)9-10)19-14(18-12)20-6-3-4-7-20/h10-11,21H,2-9H2,1H3,(H2,15,16,17,18,19). The lowest BCUT2D eigenvalue weighted by molar-refractivity contribution is 0.0834. The summed E-state index contributed by atoms with van der Waals surface area (Å²) in [7, 11) is 0. The van der Waals surface area contributed by atoms with Crippen LogP contribution in [0.25, 0.3) is 0 Å². The Bertz CT molecular complexity index is 471. The van der Waals surface area contributed by atoms with Gasteiger partial charge in [-0.15, -0.1) is 0 Å². The zero-order valence-electron chi connectivity index (χ0n) is 12.5. The predicted molar refractivity (Wildman–Crippen MR) is 82.7 cm³/mol. The minimum Gasteiger partial charge on any atom is -0.393 e. The number of nitrogens with one attached hydrogen (secondary N) is 2. The Labute approximate surface area is 125 Å². The van der Waals surface area contributed by atoms with Gasteiger partial charge in [-0.1, -0.05) is 6.92 Å². The van der Waals surface area contributed by atoms with Gasteiger partial charge in [-0.3, -0.25) is 0 Å². The van der Waals surface area contributed by atoms with Crippen LogP contribution in [-0.4, -0.2) is 51.8 Å². The average molecular weight is 292 g/mol. The molecule has 2 fully saturated rings. The third-order valence-electron chi connectivity index (χ3n) is 3.99. The number of anilines is 3. The molecular formula is C14H24N6O. The molecule has 1 aliphatic heterocycles. The van der Waals surface area contributed by atoms with Crippen molar-refractivity contribution in [1.29, 1.82) is 0 Å². The van der Waals surface area contributed by atoms with Gasteiger partial charge in [0.2, 0.25) is 17.8 Å². The fourth-order valence-electron chi connectivity index (χ4n) is 2.69. The summed E-state index contributed by atoms with van der Waals surface area (Å²) >= 11 is 0. The van der Waals surface area contributed by atoms with Crippen LogP contribution in [0.15, 0.2) is 0 Å². The lowest BCUT2D eigenvalue weighted by atomic mass is 9.90. The summed E-state index contributed by atoms with van der Waals surface area (Å²) in [5.41, 5.74) is 0. The van der Waals surface area contributed by atoms with E-state index in [4.69, 9.17) is 0 Å². The van der Waals surface area contributed by atoms with E-state index in [0.29, 0.717) is 11.9 Å². The molecule has 2 heterocycles. The summed E-state index contributed by atoms with van der Waals surface area (Å²) in [5.74, 6) is 2.00. The summed E-state index contributed by atoms with van der Waals surface area (Å²) in [6.07, 6.45) is 4.77. The Morgan fingerprint density at radius 2 is 1.86 bits per heavy atom. The molecule has 1 aromatic heterocycles. The molecule has 116 valence electrons. The van der Waals surface area contributed by atoms with Crippen LogP contribution in [0, 0.1) is 0 Å². The SMILES string of the molecule is CCCNc1nc(NC2CC(O)C2)nc(N2CCCC2)n1. The van der Waals surface area contributed by atoms with Crippen molar-refractivity contribution in [2.75, 3.05) is 35.2 Å². The molecule has 1 aromatic rings. The topological polar surface area (TPSA) is 86.2 Å². The summed E-state index contributed by atoms with van der Waals surface area (Å²) in [5, 5.41) is 15.9. The van der Waals surface area contributed by atoms with Gasteiger partial charge >= 0.3 is 0 Å². The zero-order valence-corrected chi connectivity index (χ0v) is 12.5. The van der Waals surface area contributed by atoms with Crippen LogP contribution >= 0.6 is 0 Å². The molecule has 3 N–H and O–H groups in total. The third kappa shape index (κ3) is 3.53. The smallest absolute Gasteiger partial charge is 0.231 e. The van der Waals surface area contributed by atoms with E-state index in [9.17, 15) is 5.11 Å². The molecule has 0 amide bonds. The van der Waals surface area contributed by atoms with Crippen LogP contribution < -0.4 is 15.5 Å². The Morgan fingerprint density at radius 3 is 2.52 bits per heavy atom. The first-order valence-corrected chi connectivity index (χ1v) is 7.94. The second-order valence-corrected chi connectivity index (χ2v) is 5.87. The summed E-state index contributed by atoms with van der Waals surface area (Å²) in [6.45, 7) is 4.99. The van der Waals surface area contributed by atoms with Crippen molar-refractivity contribution in [1.82, 2.24) is 15.0 Å². The molecule has 0 unspecified atom stereocenters. The lowest BCUT2D eigenvalue weighted by Crippen LogP contribution is -2.39. The van der Waals surface area contributed by atoms with Gasteiger partial charge in [0.25, 0.3) is 0 Å². The van der Waals surface area contributed by atoms with Crippen molar-refractivity contribution >= 4 is 17.8 Å². The van der Waals surface area contributed by atoms with Crippen LogP contribution in [0.5, 0.6) is 0 Å². The first-order chi connectivity index (χ1) is 10.2. The predicted octanol–water partition coefficient (Wildman–Crippen LogP) is 1.23. The number of aliphatic hydroxyl groups is 1. The van der Waals surface area contributed by atoms with E-state index in [1.54, 1.807) is 0 Å². The van der Waals surface area contributed by atoms with E-state index in [2.05, 4.69) is 37.4 Å². The van der Waals surface area contributed by atoms with Gasteiger partial charge in [0.15, 0.2) is 0 Å². The van der Waals surface area contributed by atoms with Crippen molar-refractivity contribution in [2.24, 2.45) is 0 Å². The monoisotopic (exact) mass is 292 g/mol. The summed E-state index contributed by atoms with van der Waals surface area (Å²) in [4.78, 5) is 15.7.